The molecule has 1 aliphatic carbocycles. The number of benzene rings is 1. The highest BCUT2D eigenvalue weighted by Crippen LogP contribution is 2.58. The molecule has 0 N–H and O–H groups in total. The molecular weight excluding hydrogens is 286 g/mol. The summed E-state index contributed by atoms with van der Waals surface area (Å²) < 4.78 is 1.68. The summed E-state index contributed by atoms with van der Waals surface area (Å²) in [6.07, 6.45) is 1.81. The predicted molar refractivity (Wildman–Crippen MR) is 90.3 cm³/mol. The Morgan fingerprint density at radius 2 is 1.87 bits per heavy atom. The number of hydrogen-bond acceptors (Lipinski definition) is 3. The summed E-state index contributed by atoms with van der Waals surface area (Å²) in [6.45, 7) is 3.19. The van der Waals surface area contributed by atoms with E-state index in [0.29, 0.717) is 23.4 Å². The molecule has 114 valence electrons. The minimum atomic E-state index is 0.0885. The maximum absolute atomic E-state index is 13.0. The van der Waals surface area contributed by atoms with Crippen LogP contribution in [0.1, 0.15) is 18.4 Å². The zero-order valence-corrected chi connectivity index (χ0v) is 12.9. The molecule has 0 saturated heterocycles. The number of hydrogen-bond donors (Lipinski definition) is 0. The lowest BCUT2D eigenvalue weighted by Gasteiger charge is -2.29. The van der Waals surface area contributed by atoms with Crippen molar-refractivity contribution in [1.82, 2.24) is 9.38 Å². The van der Waals surface area contributed by atoms with Crippen molar-refractivity contribution < 1.29 is 0 Å². The molecule has 1 aliphatic heterocycles. The second-order valence-corrected chi connectivity index (χ2v) is 6.58. The number of aromatic nitrogens is 2. The summed E-state index contributed by atoms with van der Waals surface area (Å²) in [4.78, 5) is 20.1. The largest absolute Gasteiger partial charge is 0.326 e. The van der Waals surface area contributed by atoms with Crippen LogP contribution in [-0.4, -0.2) is 15.9 Å². The van der Waals surface area contributed by atoms with Crippen molar-refractivity contribution in [2.75, 3.05) is 11.4 Å². The van der Waals surface area contributed by atoms with Gasteiger partial charge in [0.1, 0.15) is 11.5 Å². The Balaban J connectivity index is 1.81. The summed E-state index contributed by atoms with van der Waals surface area (Å²) in [7, 11) is 0. The predicted octanol–water partition coefficient (Wildman–Crippen LogP) is 3.20. The van der Waals surface area contributed by atoms with Gasteiger partial charge in [0.25, 0.3) is 5.56 Å². The molecule has 4 heteroatoms. The van der Waals surface area contributed by atoms with Crippen LogP contribution in [0, 0.1) is 11.8 Å². The number of pyridine rings is 1. The Kier molecular flexibility index (Phi) is 2.49. The molecule has 3 heterocycles. The summed E-state index contributed by atoms with van der Waals surface area (Å²) in [5, 5.41) is 0. The lowest BCUT2D eigenvalue weighted by atomic mass is 10.1. The number of rotatable bonds is 1. The maximum atomic E-state index is 13.0. The summed E-state index contributed by atoms with van der Waals surface area (Å²) >= 11 is 0. The summed E-state index contributed by atoms with van der Waals surface area (Å²) in [5.41, 5.74) is 2.80. The van der Waals surface area contributed by atoms with E-state index in [9.17, 15) is 4.79 Å². The zero-order chi connectivity index (χ0) is 15.6. The molecule has 2 aromatic heterocycles. The molecule has 4 nitrogen and oxygen atoms in total. The van der Waals surface area contributed by atoms with Crippen molar-refractivity contribution in [2.24, 2.45) is 11.8 Å². The van der Waals surface area contributed by atoms with Gasteiger partial charge in [0, 0.05) is 24.3 Å². The molecule has 1 aromatic carbocycles. The van der Waals surface area contributed by atoms with E-state index in [0.717, 1.165) is 23.6 Å². The van der Waals surface area contributed by atoms with Crippen LogP contribution < -0.4 is 10.5 Å². The normalized spacial score (nSPS) is 25.1. The fraction of sp³-hybridized carbons (Fsp3) is 0.263. The van der Waals surface area contributed by atoms with E-state index in [-0.39, 0.29) is 5.56 Å². The first-order valence-corrected chi connectivity index (χ1v) is 8.09. The summed E-state index contributed by atoms with van der Waals surface area (Å²) in [6, 6.07) is 16.0. The van der Waals surface area contributed by atoms with Crippen molar-refractivity contribution in [3.8, 4) is 0 Å². The first-order valence-electron chi connectivity index (χ1n) is 8.09. The highest BCUT2D eigenvalue weighted by molar-refractivity contribution is 5.68. The average Bonchev–Trinajstić information content (AvgIpc) is 3.25. The molecule has 3 atom stereocenters. The van der Waals surface area contributed by atoms with Gasteiger partial charge in [0.15, 0.2) is 0 Å². The van der Waals surface area contributed by atoms with Gasteiger partial charge in [-0.05, 0) is 36.1 Å². The lowest BCUT2D eigenvalue weighted by molar-refractivity contribution is 0.710. The van der Waals surface area contributed by atoms with Crippen LogP contribution >= 0.6 is 0 Å². The number of nitrogens with zero attached hydrogens (tertiary/aromatic N) is 3. The fourth-order valence-corrected chi connectivity index (χ4v) is 4.02. The van der Waals surface area contributed by atoms with E-state index in [1.807, 2.05) is 42.6 Å². The fourth-order valence-electron chi connectivity index (χ4n) is 4.02. The molecule has 0 radical (unpaired) electrons. The first-order chi connectivity index (χ1) is 11.3. The monoisotopic (exact) mass is 303 g/mol. The highest BCUT2D eigenvalue weighted by Gasteiger charge is 2.54. The van der Waals surface area contributed by atoms with E-state index >= 15 is 0 Å². The van der Waals surface area contributed by atoms with Crippen LogP contribution in [-0.2, 0) is 0 Å². The molecule has 3 aromatic rings. The average molecular weight is 303 g/mol. The molecule has 2 aliphatic rings. The Morgan fingerprint density at radius 1 is 1.09 bits per heavy atom. The third-order valence-corrected chi connectivity index (χ3v) is 5.36. The number of fused-ring (bicyclic) bond motifs is 4. The maximum Gasteiger partial charge on any atom is 0.263 e. The first kappa shape index (κ1) is 12.9. The van der Waals surface area contributed by atoms with E-state index in [4.69, 9.17) is 4.98 Å². The number of para-hydroxylation sites is 1. The van der Waals surface area contributed by atoms with Gasteiger partial charge in [-0.15, -0.1) is 0 Å². The molecule has 0 unspecified atom stereocenters. The second-order valence-electron chi connectivity index (χ2n) is 6.58. The zero-order valence-electron chi connectivity index (χ0n) is 12.9. The van der Waals surface area contributed by atoms with Gasteiger partial charge in [-0.2, -0.15) is 0 Å². The second kappa shape index (κ2) is 4.44. The molecular formula is C19H17N3O. The SMILES string of the molecule is C[C@H]1[C@@H]2CN(c3ccccc3)c3nc4ccccn4c(=O)c3[C@H]12. The molecule has 1 saturated carbocycles. The summed E-state index contributed by atoms with van der Waals surface area (Å²) in [5.74, 6) is 2.32. The van der Waals surface area contributed by atoms with Gasteiger partial charge >= 0.3 is 0 Å². The van der Waals surface area contributed by atoms with E-state index < -0.39 is 0 Å². The minimum absolute atomic E-state index is 0.0885. The van der Waals surface area contributed by atoms with Crippen molar-refractivity contribution in [2.45, 2.75) is 12.8 Å². The van der Waals surface area contributed by atoms with Gasteiger partial charge < -0.3 is 4.90 Å². The Bertz CT molecular complexity index is 963. The topological polar surface area (TPSA) is 37.6 Å². The van der Waals surface area contributed by atoms with E-state index in [2.05, 4.69) is 24.0 Å². The molecule has 1 fully saturated rings. The van der Waals surface area contributed by atoms with Gasteiger partial charge in [-0.3, -0.25) is 9.20 Å². The quantitative estimate of drug-likeness (QED) is 0.693. The Hall–Kier alpha value is -2.62. The van der Waals surface area contributed by atoms with Crippen molar-refractivity contribution >= 4 is 17.2 Å². The van der Waals surface area contributed by atoms with E-state index in [1.54, 1.807) is 4.40 Å². The standard InChI is InChI=1S/C19H17N3O/c1-12-14-11-22(13-7-3-2-4-8-13)18-17(16(12)14)19(23)21-10-6-5-9-15(21)20-18/h2-10,12,14,16H,11H2,1H3/t12-,14-,16+/m0/s1. The van der Waals surface area contributed by atoms with Crippen LogP contribution in [0.15, 0.2) is 59.5 Å². The van der Waals surface area contributed by atoms with Crippen LogP contribution in [0.25, 0.3) is 5.65 Å². The van der Waals surface area contributed by atoms with Crippen LogP contribution in [0.2, 0.25) is 0 Å². The Labute approximate surface area is 134 Å². The molecule has 0 bridgehead atoms. The third kappa shape index (κ3) is 1.72. The number of anilines is 2. The van der Waals surface area contributed by atoms with Gasteiger partial charge in [0.05, 0.1) is 5.56 Å². The van der Waals surface area contributed by atoms with Crippen LogP contribution in [0.3, 0.4) is 0 Å². The molecule has 23 heavy (non-hydrogen) atoms. The highest BCUT2D eigenvalue weighted by atomic mass is 16.1. The lowest BCUT2D eigenvalue weighted by Crippen LogP contribution is -2.32. The molecule has 0 spiro atoms. The Morgan fingerprint density at radius 3 is 2.70 bits per heavy atom. The van der Waals surface area contributed by atoms with Gasteiger partial charge in [-0.1, -0.05) is 31.2 Å². The molecule has 0 amide bonds. The minimum Gasteiger partial charge on any atom is -0.326 e. The van der Waals surface area contributed by atoms with E-state index in [1.165, 1.54) is 0 Å². The van der Waals surface area contributed by atoms with Crippen LogP contribution in [0.4, 0.5) is 11.5 Å². The van der Waals surface area contributed by atoms with Gasteiger partial charge in [-0.25, -0.2) is 4.98 Å². The van der Waals surface area contributed by atoms with Crippen molar-refractivity contribution in [1.29, 1.82) is 0 Å². The van der Waals surface area contributed by atoms with Crippen molar-refractivity contribution in [3.63, 3.8) is 0 Å². The van der Waals surface area contributed by atoms with Crippen molar-refractivity contribution in [3.05, 3.63) is 70.6 Å². The smallest absolute Gasteiger partial charge is 0.263 e. The van der Waals surface area contributed by atoms with Crippen LogP contribution in [0.5, 0.6) is 0 Å². The van der Waals surface area contributed by atoms with Gasteiger partial charge in [0.2, 0.25) is 0 Å². The molecule has 5 rings (SSSR count). The third-order valence-electron chi connectivity index (χ3n) is 5.36.